The Morgan fingerprint density at radius 1 is 1.53 bits per heavy atom. The monoisotopic (exact) mass is 297 g/mol. The fourth-order valence-corrected chi connectivity index (χ4v) is 1.90. The van der Waals surface area contributed by atoms with Crippen LogP contribution >= 0.6 is 15.9 Å². The van der Waals surface area contributed by atoms with E-state index in [-0.39, 0.29) is 12.5 Å². The standard InChI is InChI=1S/C12H12BrNO3/c13-10-3-1-2-8(6-15)12(10)17-7-11(16)14-9-4-5-9/h1-3,6,9H,4-5,7H2,(H,14,16). The Kier molecular flexibility index (Phi) is 3.78. The summed E-state index contributed by atoms with van der Waals surface area (Å²) in [6.45, 7) is -0.0695. The largest absolute Gasteiger partial charge is 0.482 e. The number of hydrogen-bond acceptors (Lipinski definition) is 3. The molecule has 0 spiro atoms. The summed E-state index contributed by atoms with van der Waals surface area (Å²) < 4.78 is 6.03. The maximum Gasteiger partial charge on any atom is 0.258 e. The van der Waals surface area contributed by atoms with E-state index in [9.17, 15) is 9.59 Å². The maximum absolute atomic E-state index is 11.4. The van der Waals surface area contributed by atoms with Crippen molar-refractivity contribution in [3.63, 3.8) is 0 Å². The number of halogens is 1. The van der Waals surface area contributed by atoms with Gasteiger partial charge in [-0.05, 0) is 40.9 Å². The Morgan fingerprint density at radius 2 is 2.29 bits per heavy atom. The average Bonchev–Trinajstić information content (AvgIpc) is 3.11. The van der Waals surface area contributed by atoms with Gasteiger partial charge >= 0.3 is 0 Å². The highest BCUT2D eigenvalue weighted by molar-refractivity contribution is 9.10. The Hall–Kier alpha value is -1.36. The highest BCUT2D eigenvalue weighted by atomic mass is 79.9. The number of aldehydes is 1. The molecule has 17 heavy (non-hydrogen) atoms. The van der Waals surface area contributed by atoms with Gasteiger partial charge in [-0.1, -0.05) is 6.07 Å². The van der Waals surface area contributed by atoms with Crippen LogP contribution in [0.5, 0.6) is 5.75 Å². The second-order valence-corrected chi connectivity index (χ2v) is 4.76. The number of rotatable bonds is 5. The van der Waals surface area contributed by atoms with Crippen molar-refractivity contribution in [1.82, 2.24) is 5.32 Å². The summed E-state index contributed by atoms with van der Waals surface area (Å²) in [5, 5.41) is 2.81. The molecule has 0 radical (unpaired) electrons. The van der Waals surface area contributed by atoms with Crippen LogP contribution in [0, 0.1) is 0 Å². The lowest BCUT2D eigenvalue weighted by molar-refractivity contribution is -0.123. The lowest BCUT2D eigenvalue weighted by Crippen LogP contribution is -2.30. The Bertz CT molecular complexity index is 443. The van der Waals surface area contributed by atoms with Crippen molar-refractivity contribution in [2.45, 2.75) is 18.9 Å². The molecule has 0 saturated heterocycles. The van der Waals surface area contributed by atoms with Crippen molar-refractivity contribution in [2.75, 3.05) is 6.61 Å². The van der Waals surface area contributed by atoms with E-state index in [1.54, 1.807) is 18.2 Å². The fourth-order valence-electron chi connectivity index (χ4n) is 1.41. The molecule has 1 aromatic carbocycles. The summed E-state index contributed by atoms with van der Waals surface area (Å²) in [7, 11) is 0. The Balaban J connectivity index is 1.97. The van der Waals surface area contributed by atoms with E-state index in [1.165, 1.54) is 0 Å². The molecule has 1 aliphatic carbocycles. The van der Waals surface area contributed by atoms with Crippen molar-refractivity contribution >= 4 is 28.1 Å². The van der Waals surface area contributed by atoms with Gasteiger partial charge in [-0.2, -0.15) is 0 Å². The topological polar surface area (TPSA) is 55.4 Å². The second-order valence-electron chi connectivity index (χ2n) is 3.91. The maximum atomic E-state index is 11.4. The molecule has 0 unspecified atom stereocenters. The van der Waals surface area contributed by atoms with Crippen molar-refractivity contribution in [2.24, 2.45) is 0 Å². The van der Waals surface area contributed by atoms with E-state index in [1.807, 2.05) is 0 Å². The molecule has 5 heteroatoms. The van der Waals surface area contributed by atoms with Gasteiger partial charge in [-0.3, -0.25) is 9.59 Å². The minimum Gasteiger partial charge on any atom is -0.482 e. The van der Waals surface area contributed by atoms with Gasteiger partial charge in [0.15, 0.2) is 12.9 Å². The molecule has 1 aromatic rings. The number of nitrogens with one attached hydrogen (secondary N) is 1. The molecule has 0 atom stereocenters. The van der Waals surface area contributed by atoms with Crippen LogP contribution in [-0.2, 0) is 4.79 Å². The third-order valence-corrected chi connectivity index (χ3v) is 3.04. The number of carbonyl (C=O) groups is 2. The molecule has 90 valence electrons. The van der Waals surface area contributed by atoms with Gasteiger partial charge in [0.05, 0.1) is 10.0 Å². The van der Waals surface area contributed by atoms with E-state index >= 15 is 0 Å². The zero-order chi connectivity index (χ0) is 12.3. The van der Waals surface area contributed by atoms with E-state index < -0.39 is 0 Å². The molecule has 1 saturated carbocycles. The highest BCUT2D eigenvalue weighted by Crippen LogP contribution is 2.28. The molecule has 1 N–H and O–H groups in total. The van der Waals surface area contributed by atoms with E-state index in [0.717, 1.165) is 12.8 Å². The summed E-state index contributed by atoms with van der Waals surface area (Å²) in [5.41, 5.74) is 0.429. The molecule has 0 aromatic heterocycles. The zero-order valence-corrected chi connectivity index (χ0v) is 10.7. The van der Waals surface area contributed by atoms with Crippen molar-refractivity contribution < 1.29 is 14.3 Å². The minimum atomic E-state index is -0.153. The molecule has 1 aliphatic rings. The normalized spacial score (nSPS) is 14.2. The first-order valence-electron chi connectivity index (χ1n) is 5.36. The van der Waals surface area contributed by atoms with Gasteiger partial charge in [0.1, 0.15) is 5.75 Å². The fraction of sp³-hybridized carbons (Fsp3) is 0.333. The van der Waals surface area contributed by atoms with Gasteiger partial charge in [-0.25, -0.2) is 0 Å². The Morgan fingerprint density at radius 3 is 2.94 bits per heavy atom. The molecule has 4 nitrogen and oxygen atoms in total. The van der Waals surface area contributed by atoms with Gasteiger partial charge in [-0.15, -0.1) is 0 Å². The number of amides is 1. The van der Waals surface area contributed by atoms with Crippen molar-refractivity contribution in [3.8, 4) is 5.75 Å². The number of carbonyl (C=O) groups excluding carboxylic acids is 2. The highest BCUT2D eigenvalue weighted by Gasteiger charge is 2.23. The lowest BCUT2D eigenvalue weighted by Gasteiger charge is -2.10. The number of hydrogen-bond donors (Lipinski definition) is 1. The van der Waals surface area contributed by atoms with Crippen LogP contribution in [0.1, 0.15) is 23.2 Å². The zero-order valence-electron chi connectivity index (χ0n) is 9.11. The molecule has 1 amide bonds. The summed E-state index contributed by atoms with van der Waals surface area (Å²) in [6.07, 6.45) is 2.79. The van der Waals surface area contributed by atoms with Crippen LogP contribution in [0.2, 0.25) is 0 Å². The molecular formula is C12H12BrNO3. The van der Waals surface area contributed by atoms with Crippen LogP contribution in [-0.4, -0.2) is 24.8 Å². The first kappa shape index (κ1) is 12.1. The number of para-hydroxylation sites is 1. The SMILES string of the molecule is O=Cc1cccc(Br)c1OCC(=O)NC1CC1. The predicted octanol–water partition coefficient (Wildman–Crippen LogP) is 1.92. The average molecular weight is 298 g/mol. The number of benzene rings is 1. The smallest absolute Gasteiger partial charge is 0.258 e. The van der Waals surface area contributed by atoms with Gasteiger partial charge < -0.3 is 10.1 Å². The van der Waals surface area contributed by atoms with Crippen molar-refractivity contribution in [1.29, 1.82) is 0 Å². The molecular weight excluding hydrogens is 286 g/mol. The van der Waals surface area contributed by atoms with E-state index in [0.29, 0.717) is 28.1 Å². The van der Waals surface area contributed by atoms with Gasteiger partial charge in [0.25, 0.3) is 5.91 Å². The van der Waals surface area contributed by atoms with Crippen LogP contribution in [0.4, 0.5) is 0 Å². The quantitative estimate of drug-likeness (QED) is 0.845. The third-order valence-electron chi connectivity index (χ3n) is 2.41. The minimum absolute atomic E-state index is 0.0695. The van der Waals surface area contributed by atoms with Crippen LogP contribution in [0.25, 0.3) is 0 Å². The molecule has 0 heterocycles. The predicted molar refractivity (Wildman–Crippen MR) is 66.2 cm³/mol. The van der Waals surface area contributed by atoms with Crippen LogP contribution in [0.3, 0.4) is 0 Å². The summed E-state index contributed by atoms with van der Waals surface area (Å²) >= 11 is 3.29. The third kappa shape index (κ3) is 3.30. The molecule has 0 aliphatic heterocycles. The summed E-state index contributed by atoms with van der Waals surface area (Å²) in [6, 6.07) is 5.47. The van der Waals surface area contributed by atoms with Gasteiger partial charge in [0, 0.05) is 6.04 Å². The molecule has 1 fully saturated rings. The van der Waals surface area contributed by atoms with Crippen molar-refractivity contribution in [3.05, 3.63) is 28.2 Å². The summed E-state index contributed by atoms with van der Waals surface area (Å²) in [5.74, 6) is 0.258. The summed E-state index contributed by atoms with van der Waals surface area (Å²) in [4.78, 5) is 22.2. The van der Waals surface area contributed by atoms with Crippen LogP contribution in [0.15, 0.2) is 22.7 Å². The molecule has 0 bridgehead atoms. The van der Waals surface area contributed by atoms with E-state index in [4.69, 9.17) is 4.74 Å². The Labute approximate surface area is 107 Å². The number of ether oxygens (including phenoxy) is 1. The first-order valence-corrected chi connectivity index (χ1v) is 6.16. The van der Waals surface area contributed by atoms with E-state index in [2.05, 4.69) is 21.2 Å². The van der Waals surface area contributed by atoms with Gasteiger partial charge in [0.2, 0.25) is 0 Å². The first-order chi connectivity index (χ1) is 8.20. The van der Waals surface area contributed by atoms with Crippen LogP contribution < -0.4 is 10.1 Å². The second kappa shape index (κ2) is 5.31. The molecule has 2 rings (SSSR count). The lowest BCUT2D eigenvalue weighted by atomic mass is 10.2.